The minimum absolute atomic E-state index is 0.191. The Morgan fingerprint density at radius 2 is 1.80 bits per heavy atom. The molecule has 2 aromatic rings. The molecule has 0 N–H and O–H groups in total. The molecular weight excluding hydrogens is 357 g/mol. The molecule has 2 rings (SSSR count). The topological polar surface area (TPSA) is 79.5 Å². The number of aryl methyl sites for hydroxylation is 1. The third-order valence-electron chi connectivity index (χ3n) is 3.11. The maximum absolute atomic E-state index is 12.7. The van der Waals surface area contributed by atoms with Crippen molar-refractivity contribution in [3.8, 4) is 6.07 Å². The number of halogens is 3. The number of nitrogens with zero attached hydrogens (tertiary/aromatic N) is 2. The number of oxime groups is 1. The Morgan fingerprint density at radius 3 is 2.36 bits per heavy atom. The molecule has 0 aliphatic rings. The van der Waals surface area contributed by atoms with Crippen LogP contribution in [-0.4, -0.2) is 14.1 Å². The molecule has 2 aromatic carbocycles. The van der Waals surface area contributed by atoms with Crippen molar-refractivity contribution in [2.24, 2.45) is 5.16 Å². The molecule has 0 amide bonds. The molecule has 0 heterocycles. The van der Waals surface area contributed by atoms with E-state index in [0.29, 0.717) is 6.07 Å². The van der Waals surface area contributed by atoms with Gasteiger partial charge in [0.05, 0.1) is 5.56 Å². The van der Waals surface area contributed by atoms with Gasteiger partial charge in [0.25, 0.3) is 0 Å². The molecule has 0 saturated heterocycles. The molecule has 0 bridgehead atoms. The van der Waals surface area contributed by atoms with Gasteiger partial charge in [0.2, 0.25) is 0 Å². The SMILES string of the molecule is Cc1ccc(S(=O)(=O)ON=C(C#N)c2cccc(C(F)(F)F)c2)cc1. The van der Waals surface area contributed by atoms with Gasteiger partial charge in [-0.05, 0) is 31.2 Å². The summed E-state index contributed by atoms with van der Waals surface area (Å²) in [5, 5.41) is 12.2. The molecule has 0 fully saturated rings. The molecule has 9 heteroatoms. The summed E-state index contributed by atoms with van der Waals surface area (Å²) in [4.78, 5) is -0.191. The summed E-state index contributed by atoms with van der Waals surface area (Å²) in [6.45, 7) is 1.76. The van der Waals surface area contributed by atoms with E-state index in [-0.39, 0.29) is 10.5 Å². The third kappa shape index (κ3) is 4.58. The zero-order valence-electron chi connectivity index (χ0n) is 12.8. The molecule has 0 spiro atoms. The third-order valence-corrected chi connectivity index (χ3v) is 4.23. The first-order chi connectivity index (χ1) is 11.6. The van der Waals surface area contributed by atoms with Gasteiger partial charge in [0, 0.05) is 5.56 Å². The van der Waals surface area contributed by atoms with E-state index in [0.717, 1.165) is 17.7 Å². The van der Waals surface area contributed by atoms with Gasteiger partial charge < -0.3 is 0 Å². The standard InChI is InChI=1S/C16H11F3N2O3S/c1-11-5-7-14(8-6-11)25(22,23)24-21-15(10-20)12-3-2-4-13(9-12)16(17,18)19/h2-9H,1H3. The Bertz CT molecular complexity index is 944. The number of alkyl halides is 3. The Hall–Kier alpha value is -2.86. The van der Waals surface area contributed by atoms with Crippen molar-refractivity contribution in [1.29, 1.82) is 5.26 Å². The highest BCUT2D eigenvalue weighted by molar-refractivity contribution is 7.86. The second-order valence-electron chi connectivity index (χ2n) is 4.97. The predicted molar refractivity (Wildman–Crippen MR) is 83.0 cm³/mol. The molecule has 0 atom stereocenters. The Balaban J connectivity index is 2.32. The van der Waals surface area contributed by atoms with Crippen molar-refractivity contribution in [2.45, 2.75) is 18.0 Å². The van der Waals surface area contributed by atoms with Crippen LogP contribution in [0.3, 0.4) is 0 Å². The molecule has 25 heavy (non-hydrogen) atoms. The van der Waals surface area contributed by atoms with Crippen LogP contribution in [0.2, 0.25) is 0 Å². The predicted octanol–water partition coefficient (Wildman–Crippen LogP) is 3.65. The molecule has 0 aromatic heterocycles. The highest BCUT2D eigenvalue weighted by Crippen LogP contribution is 2.29. The van der Waals surface area contributed by atoms with Crippen LogP contribution in [0, 0.1) is 18.3 Å². The fourth-order valence-electron chi connectivity index (χ4n) is 1.81. The Labute approximate surface area is 142 Å². The molecule has 0 radical (unpaired) electrons. The van der Waals surface area contributed by atoms with Crippen LogP contribution < -0.4 is 0 Å². The Morgan fingerprint density at radius 1 is 1.16 bits per heavy atom. The average Bonchev–Trinajstić information content (AvgIpc) is 2.55. The monoisotopic (exact) mass is 368 g/mol. The lowest BCUT2D eigenvalue weighted by molar-refractivity contribution is -0.137. The first-order valence-electron chi connectivity index (χ1n) is 6.79. The summed E-state index contributed by atoms with van der Waals surface area (Å²) in [5.41, 5.74) is -0.975. The minimum Gasteiger partial charge on any atom is -0.263 e. The molecule has 0 aliphatic carbocycles. The second-order valence-corrected chi connectivity index (χ2v) is 6.50. The summed E-state index contributed by atoms with van der Waals surface area (Å²) >= 11 is 0. The zero-order chi connectivity index (χ0) is 18.7. The van der Waals surface area contributed by atoms with Crippen molar-refractivity contribution in [3.05, 3.63) is 65.2 Å². The highest BCUT2D eigenvalue weighted by atomic mass is 32.2. The summed E-state index contributed by atoms with van der Waals surface area (Å²) in [6, 6.07) is 11.0. The van der Waals surface area contributed by atoms with Gasteiger partial charge in [-0.15, -0.1) is 0 Å². The maximum Gasteiger partial charge on any atom is 0.416 e. The van der Waals surface area contributed by atoms with E-state index in [9.17, 15) is 21.6 Å². The zero-order valence-corrected chi connectivity index (χ0v) is 13.6. The Kier molecular flexibility index (Phi) is 5.13. The van der Waals surface area contributed by atoms with Crippen LogP contribution in [0.15, 0.2) is 58.6 Å². The minimum atomic E-state index is -4.61. The smallest absolute Gasteiger partial charge is 0.263 e. The summed E-state index contributed by atoms with van der Waals surface area (Å²) < 4.78 is 66.6. The number of benzene rings is 2. The van der Waals surface area contributed by atoms with Crippen LogP contribution >= 0.6 is 0 Å². The fourth-order valence-corrected chi connectivity index (χ4v) is 2.54. The number of rotatable bonds is 4. The van der Waals surface area contributed by atoms with Crippen molar-refractivity contribution < 1.29 is 25.9 Å². The fraction of sp³-hybridized carbons (Fsp3) is 0.125. The van der Waals surface area contributed by atoms with E-state index >= 15 is 0 Å². The quantitative estimate of drug-likeness (QED) is 0.610. The van der Waals surface area contributed by atoms with Gasteiger partial charge in [-0.25, -0.2) is 0 Å². The van der Waals surface area contributed by atoms with Crippen molar-refractivity contribution >= 4 is 15.8 Å². The van der Waals surface area contributed by atoms with E-state index in [1.54, 1.807) is 6.92 Å². The molecule has 130 valence electrons. The van der Waals surface area contributed by atoms with Crippen LogP contribution in [0.5, 0.6) is 0 Å². The number of hydrogen-bond acceptors (Lipinski definition) is 5. The van der Waals surface area contributed by atoms with Crippen LogP contribution in [0.1, 0.15) is 16.7 Å². The van der Waals surface area contributed by atoms with Gasteiger partial charge >= 0.3 is 16.3 Å². The molecule has 0 aliphatic heterocycles. The van der Waals surface area contributed by atoms with Crippen molar-refractivity contribution in [1.82, 2.24) is 0 Å². The molecular formula is C16H11F3N2O3S. The largest absolute Gasteiger partial charge is 0.416 e. The van der Waals surface area contributed by atoms with Gasteiger partial charge in [-0.2, -0.15) is 26.9 Å². The summed E-state index contributed by atoms with van der Waals surface area (Å²) in [7, 11) is -4.29. The lowest BCUT2D eigenvalue weighted by Crippen LogP contribution is -2.09. The maximum atomic E-state index is 12.7. The van der Waals surface area contributed by atoms with Gasteiger partial charge in [-0.3, -0.25) is 4.28 Å². The normalized spacial score (nSPS) is 12.5. The average molecular weight is 368 g/mol. The highest BCUT2D eigenvalue weighted by Gasteiger charge is 2.30. The number of nitriles is 1. The lowest BCUT2D eigenvalue weighted by atomic mass is 10.1. The van der Waals surface area contributed by atoms with Gasteiger partial charge in [-0.1, -0.05) is 35.0 Å². The van der Waals surface area contributed by atoms with Crippen LogP contribution in [-0.2, 0) is 20.6 Å². The van der Waals surface area contributed by atoms with Crippen molar-refractivity contribution in [2.75, 3.05) is 0 Å². The lowest BCUT2D eigenvalue weighted by Gasteiger charge is -2.07. The summed E-state index contributed by atoms with van der Waals surface area (Å²) in [6.07, 6.45) is -4.61. The van der Waals surface area contributed by atoms with Gasteiger partial charge in [0.15, 0.2) is 5.71 Å². The van der Waals surface area contributed by atoms with Crippen molar-refractivity contribution in [3.63, 3.8) is 0 Å². The molecule has 0 saturated carbocycles. The van der Waals surface area contributed by atoms with Gasteiger partial charge in [0.1, 0.15) is 11.0 Å². The van der Waals surface area contributed by atoms with Crippen LogP contribution in [0.4, 0.5) is 13.2 Å². The second kappa shape index (κ2) is 6.94. The van der Waals surface area contributed by atoms with E-state index in [1.807, 2.05) is 0 Å². The molecule has 0 unspecified atom stereocenters. The summed E-state index contributed by atoms with van der Waals surface area (Å²) in [5.74, 6) is 0. The van der Waals surface area contributed by atoms with Crippen LogP contribution in [0.25, 0.3) is 0 Å². The first-order valence-corrected chi connectivity index (χ1v) is 8.20. The molecule has 5 nitrogen and oxygen atoms in total. The first kappa shape index (κ1) is 18.5. The van der Waals surface area contributed by atoms with E-state index < -0.39 is 27.6 Å². The number of hydrogen-bond donors (Lipinski definition) is 0. The van der Waals surface area contributed by atoms with E-state index in [1.165, 1.54) is 36.4 Å². The van der Waals surface area contributed by atoms with E-state index in [2.05, 4.69) is 9.44 Å². The van der Waals surface area contributed by atoms with E-state index in [4.69, 9.17) is 5.26 Å².